The van der Waals surface area contributed by atoms with Crippen molar-refractivity contribution in [3.8, 4) is 0 Å². The summed E-state index contributed by atoms with van der Waals surface area (Å²) >= 11 is 0. The van der Waals surface area contributed by atoms with Crippen LogP contribution in [0.1, 0.15) is 64.2 Å². The van der Waals surface area contributed by atoms with Gasteiger partial charge in [0.15, 0.2) is 0 Å². The fourth-order valence-electron chi connectivity index (χ4n) is 3.61. The molecule has 4 heteroatoms. The molecule has 3 rings (SSSR count). The summed E-state index contributed by atoms with van der Waals surface area (Å²) in [6.45, 7) is 2.02. The van der Waals surface area contributed by atoms with Gasteiger partial charge in [0.25, 0.3) is 0 Å². The van der Waals surface area contributed by atoms with Crippen molar-refractivity contribution in [1.29, 1.82) is 0 Å². The van der Waals surface area contributed by atoms with Gasteiger partial charge in [-0.05, 0) is 45.1 Å². The van der Waals surface area contributed by atoms with Crippen LogP contribution in [0, 0.1) is 0 Å². The monoisotopic (exact) mass is 279 g/mol. The molecule has 114 valence electrons. The molecule has 2 amide bonds. The Hall–Kier alpha value is -0.770. The molecule has 20 heavy (non-hydrogen) atoms. The number of hydrogen-bond donors (Lipinski definition) is 2. The zero-order valence-corrected chi connectivity index (χ0v) is 12.6. The van der Waals surface area contributed by atoms with Crippen LogP contribution in [0.5, 0.6) is 0 Å². The Labute approximate surface area is 122 Å². The Balaban J connectivity index is 1.51. The third kappa shape index (κ3) is 3.87. The lowest BCUT2D eigenvalue weighted by molar-refractivity contribution is 0.176. The molecule has 1 heterocycles. The van der Waals surface area contributed by atoms with Crippen LogP contribution in [0.3, 0.4) is 0 Å². The summed E-state index contributed by atoms with van der Waals surface area (Å²) in [5.74, 6) is 0. The highest BCUT2D eigenvalue weighted by Crippen LogP contribution is 2.28. The van der Waals surface area contributed by atoms with Crippen LogP contribution in [0.2, 0.25) is 0 Å². The van der Waals surface area contributed by atoms with Gasteiger partial charge in [-0.2, -0.15) is 0 Å². The van der Waals surface area contributed by atoms with Crippen LogP contribution in [0.15, 0.2) is 0 Å². The van der Waals surface area contributed by atoms with Gasteiger partial charge < -0.3 is 15.5 Å². The summed E-state index contributed by atoms with van der Waals surface area (Å²) in [5.41, 5.74) is 0. The van der Waals surface area contributed by atoms with Crippen molar-refractivity contribution in [1.82, 2.24) is 15.5 Å². The van der Waals surface area contributed by atoms with Crippen molar-refractivity contribution in [2.24, 2.45) is 0 Å². The van der Waals surface area contributed by atoms with Gasteiger partial charge in [-0.25, -0.2) is 4.79 Å². The van der Waals surface area contributed by atoms with Crippen LogP contribution in [-0.4, -0.2) is 42.1 Å². The van der Waals surface area contributed by atoms with Gasteiger partial charge in [-0.15, -0.1) is 0 Å². The van der Waals surface area contributed by atoms with Crippen molar-refractivity contribution in [3.05, 3.63) is 0 Å². The van der Waals surface area contributed by atoms with Crippen LogP contribution in [0.4, 0.5) is 4.79 Å². The minimum atomic E-state index is 0.201. The highest BCUT2D eigenvalue weighted by Gasteiger charge is 2.35. The van der Waals surface area contributed by atoms with Crippen LogP contribution >= 0.6 is 0 Å². The standard InChI is InChI=1S/C16H29N3O/c20-16(18-13-6-2-1-3-7-13)19(15-9-10-15)12-14-8-4-5-11-17-14/h13-15,17H,1-12H2,(H,18,20). The number of hydrogen-bond acceptors (Lipinski definition) is 2. The van der Waals surface area contributed by atoms with E-state index in [1.807, 2.05) is 0 Å². The Morgan fingerprint density at radius 3 is 2.40 bits per heavy atom. The molecule has 1 atom stereocenters. The molecule has 1 aliphatic heterocycles. The first-order valence-electron chi connectivity index (χ1n) is 8.63. The first-order chi connectivity index (χ1) is 9.83. The van der Waals surface area contributed by atoms with Gasteiger partial charge in [-0.1, -0.05) is 25.7 Å². The summed E-state index contributed by atoms with van der Waals surface area (Å²) in [6, 6.07) is 1.66. The van der Waals surface area contributed by atoms with E-state index >= 15 is 0 Å². The molecule has 1 unspecified atom stereocenters. The second kappa shape index (κ2) is 6.79. The molecular weight excluding hydrogens is 250 g/mol. The maximum atomic E-state index is 12.6. The van der Waals surface area contributed by atoms with Gasteiger partial charge in [0.1, 0.15) is 0 Å². The molecule has 2 saturated carbocycles. The van der Waals surface area contributed by atoms with E-state index in [9.17, 15) is 4.79 Å². The molecule has 0 aromatic carbocycles. The second-order valence-corrected chi connectivity index (χ2v) is 6.81. The van der Waals surface area contributed by atoms with E-state index in [4.69, 9.17) is 0 Å². The van der Waals surface area contributed by atoms with Crippen molar-refractivity contribution in [2.45, 2.75) is 82.3 Å². The Kier molecular flexibility index (Phi) is 4.81. The number of nitrogens with one attached hydrogen (secondary N) is 2. The third-order valence-corrected chi connectivity index (χ3v) is 5.01. The van der Waals surface area contributed by atoms with Crippen molar-refractivity contribution in [3.63, 3.8) is 0 Å². The lowest BCUT2D eigenvalue weighted by Gasteiger charge is -2.32. The number of nitrogens with zero attached hydrogens (tertiary/aromatic N) is 1. The zero-order chi connectivity index (χ0) is 13.8. The summed E-state index contributed by atoms with van der Waals surface area (Å²) in [6.07, 6.45) is 12.4. The first kappa shape index (κ1) is 14.2. The molecule has 0 bridgehead atoms. The lowest BCUT2D eigenvalue weighted by Crippen LogP contribution is -2.52. The van der Waals surface area contributed by atoms with E-state index in [1.54, 1.807) is 0 Å². The average Bonchev–Trinajstić information content (AvgIpc) is 3.31. The van der Waals surface area contributed by atoms with Gasteiger partial charge in [-0.3, -0.25) is 0 Å². The minimum Gasteiger partial charge on any atom is -0.335 e. The lowest BCUT2D eigenvalue weighted by atomic mass is 9.96. The number of carbonyl (C=O) groups is 1. The zero-order valence-electron chi connectivity index (χ0n) is 12.6. The van der Waals surface area contributed by atoms with E-state index in [1.165, 1.54) is 64.2 Å². The van der Waals surface area contributed by atoms with Gasteiger partial charge in [0.05, 0.1) is 0 Å². The number of piperidine rings is 1. The van der Waals surface area contributed by atoms with Crippen LogP contribution in [0.25, 0.3) is 0 Å². The quantitative estimate of drug-likeness (QED) is 0.831. The average molecular weight is 279 g/mol. The summed E-state index contributed by atoms with van der Waals surface area (Å²) in [4.78, 5) is 14.7. The molecule has 0 aromatic heterocycles. The molecular formula is C16H29N3O. The number of amides is 2. The molecule has 1 saturated heterocycles. The van der Waals surface area contributed by atoms with Crippen molar-refractivity contribution in [2.75, 3.05) is 13.1 Å². The summed E-state index contributed by atoms with van der Waals surface area (Å²) in [5, 5.41) is 6.86. The summed E-state index contributed by atoms with van der Waals surface area (Å²) in [7, 11) is 0. The normalized spacial score (nSPS) is 28.1. The highest BCUT2D eigenvalue weighted by atomic mass is 16.2. The highest BCUT2D eigenvalue weighted by molar-refractivity contribution is 5.75. The Morgan fingerprint density at radius 1 is 1.00 bits per heavy atom. The van der Waals surface area contributed by atoms with Crippen molar-refractivity contribution >= 4 is 6.03 Å². The fourth-order valence-corrected chi connectivity index (χ4v) is 3.61. The van der Waals surface area contributed by atoms with E-state index < -0.39 is 0 Å². The molecule has 2 aliphatic carbocycles. The third-order valence-electron chi connectivity index (χ3n) is 5.01. The molecule has 2 N–H and O–H groups in total. The summed E-state index contributed by atoms with van der Waals surface area (Å²) < 4.78 is 0. The van der Waals surface area contributed by atoms with Crippen molar-refractivity contribution < 1.29 is 4.79 Å². The predicted molar refractivity (Wildman–Crippen MR) is 80.8 cm³/mol. The van der Waals surface area contributed by atoms with Crippen LogP contribution < -0.4 is 10.6 Å². The molecule has 3 aliphatic rings. The van der Waals surface area contributed by atoms with Gasteiger partial charge >= 0.3 is 6.03 Å². The minimum absolute atomic E-state index is 0.201. The van der Waals surface area contributed by atoms with Gasteiger partial charge in [0, 0.05) is 24.7 Å². The topological polar surface area (TPSA) is 44.4 Å². The second-order valence-electron chi connectivity index (χ2n) is 6.81. The van der Waals surface area contributed by atoms with E-state index in [2.05, 4.69) is 15.5 Å². The molecule has 0 aromatic rings. The Morgan fingerprint density at radius 2 is 1.75 bits per heavy atom. The first-order valence-corrected chi connectivity index (χ1v) is 8.63. The number of rotatable bonds is 4. The molecule has 0 spiro atoms. The SMILES string of the molecule is O=C(NC1CCCCC1)N(CC1CCCCN1)C1CC1. The smallest absolute Gasteiger partial charge is 0.317 e. The predicted octanol–water partition coefficient (Wildman–Crippen LogP) is 2.64. The van der Waals surface area contributed by atoms with E-state index in [0.29, 0.717) is 18.1 Å². The molecule has 0 radical (unpaired) electrons. The fraction of sp³-hybridized carbons (Fsp3) is 0.938. The molecule has 4 nitrogen and oxygen atoms in total. The number of carbonyl (C=O) groups excluding carboxylic acids is 1. The van der Waals surface area contributed by atoms with E-state index in [-0.39, 0.29) is 6.03 Å². The molecule has 3 fully saturated rings. The maximum absolute atomic E-state index is 12.6. The van der Waals surface area contributed by atoms with Crippen LogP contribution in [-0.2, 0) is 0 Å². The Bertz CT molecular complexity index is 318. The van der Waals surface area contributed by atoms with E-state index in [0.717, 1.165) is 13.1 Å². The maximum Gasteiger partial charge on any atom is 0.317 e. The largest absolute Gasteiger partial charge is 0.335 e. The number of urea groups is 1. The van der Waals surface area contributed by atoms with Gasteiger partial charge in [0.2, 0.25) is 0 Å².